The predicted molar refractivity (Wildman–Crippen MR) is 91.7 cm³/mol. The molecule has 124 valence electrons. The minimum absolute atomic E-state index is 0.135. The van der Waals surface area contributed by atoms with Crippen molar-refractivity contribution in [1.29, 1.82) is 0 Å². The van der Waals surface area contributed by atoms with Crippen molar-refractivity contribution in [3.05, 3.63) is 36.2 Å². The zero-order valence-corrected chi connectivity index (χ0v) is 14.7. The molecule has 0 saturated carbocycles. The molecule has 2 aromatic rings. The van der Waals surface area contributed by atoms with Gasteiger partial charge in [-0.3, -0.25) is 4.79 Å². The molecule has 0 amide bonds. The number of thioether (sulfide) groups is 1. The van der Waals surface area contributed by atoms with Gasteiger partial charge in [-0.05, 0) is 31.4 Å². The van der Waals surface area contributed by atoms with Gasteiger partial charge >= 0.3 is 0 Å². The van der Waals surface area contributed by atoms with Gasteiger partial charge in [0.2, 0.25) is 0 Å². The molecular formula is C17H23N3O2S. The first-order chi connectivity index (χ1) is 11.1. The van der Waals surface area contributed by atoms with E-state index >= 15 is 0 Å². The molecule has 23 heavy (non-hydrogen) atoms. The summed E-state index contributed by atoms with van der Waals surface area (Å²) in [6.45, 7) is 7.16. The maximum Gasteiger partial charge on any atom is 0.191 e. The highest BCUT2D eigenvalue weighted by Gasteiger charge is 2.14. The molecular weight excluding hydrogens is 310 g/mol. The van der Waals surface area contributed by atoms with Crippen molar-refractivity contribution in [2.45, 2.75) is 45.5 Å². The number of carbonyl (C=O) groups is 1. The van der Waals surface area contributed by atoms with Crippen LogP contribution < -0.4 is 4.74 Å². The first kappa shape index (κ1) is 17.5. The smallest absolute Gasteiger partial charge is 0.191 e. The van der Waals surface area contributed by atoms with Gasteiger partial charge in [0, 0.05) is 6.54 Å². The Bertz CT molecular complexity index is 626. The molecule has 0 fully saturated rings. The summed E-state index contributed by atoms with van der Waals surface area (Å²) >= 11 is 1.43. The Hall–Kier alpha value is -1.82. The number of carbonyl (C=O) groups excluding carboxylic acids is 1. The molecule has 0 bridgehead atoms. The average Bonchev–Trinajstić information content (AvgIpc) is 2.92. The van der Waals surface area contributed by atoms with Gasteiger partial charge in [0.15, 0.2) is 11.0 Å². The number of para-hydroxylation sites is 1. The Morgan fingerprint density at radius 1 is 1.26 bits per heavy atom. The molecule has 0 N–H and O–H groups in total. The van der Waals surface area contributed by atoms with Crippen LogP contribution in [0.2, 0.25) is 0 Å². The first-order valence-electron chi connectivity index (χ1n) is 7.78. The maximum absolute atomic E-state index is 11.2. The largest absolute Gasteiger partial charge is 0.486 e. The number of hydrogen-bond acceptors (Lipinski definition) is 5. The van der Waals surface area contributed by atoms with Crippen molar-refractivity contribution in [2.75, 3.05) is 5.75 Å². The average molecular weight is 333 g/mol. The lowest BCUT2D eigenvalue weighted by molar-refractivity contribution is -0.114. The SMILES string of the molecule is CC(=O)CSc1nnc(COc2ccccc2)n1CCC(C)C. The Morgan fingerprint density at radius 2 is 2.00 bits per heavy atom. The molecule has 1 heterocycles. The van der Waals surface area contributed by atoms with Gasteiger partial charge < -0.3 is 9.30 Å². The summed E-state index contributed by atoms with van der Waals surface area (Å²) in [5.41, 5.74) is 0. The molecule has 0 atom stereocenters. The first-order valence-corrected chi connectivity index (χ1v) is 8.77. The summed E-state index contributed by atoms with van der Waals surface area (Å²) in [6, 6.07) is 9.66. The molecule has 0 unspecified atom stereocenters. The van der Waals surface area contributed by atoms with Crippen molar-refractivity contribution in [3.8, 4) is 5.75 Å². The van der Waals surface area contributed by atoms with E-state index in [2.05, 4.69) is 28.6 Å². The number of ether oxygens (including phenoxy) is 1. The molecule has 0 saturated heterocycles. The van der Waals surface area contributed by atoms with Crippen molar-refractivity contribution in [1.82, 2.24) is 14.8 Å². The lowest BCUT2D eigenvalue weighted by Gasteiger charge is -2.12. The van der Waals surface area contributed by atoms with Crippen LogP contribution in [0.1, 0.15) is 33.0 Å². The second-order valence-electron chi connectivity index (χ2n) is 5.83. The van der Waals surface area contributed by atoms with Crippen molar-refractivity contribution in [3.63, 3.8) is 0 Å². The van der Waals surface area contributed by atoms with Crippen LogP contribution in [0.5, 0.6) is 5.75 Å². The molecule has 5 nitrogen and oxygen atoms in total. The standard InChI is InChI=1S/C17H23N3O2S/c1-13(2)9-10-20-16(11-22-15-7-5-4-6-8-15)18-19-17(20)23-12-14(3)21/h4-8,13H,9-12H2,1-3H3. The lowest BCUT2D eigenvalue weighted by atomic mass is 10.1. The number of nitrogens with zero attached hydrogens (tertiary/aromatic N) is 3. The minimum atomic E-state index is 0.135. The fourth-order valence-corrected chi connectivity index (χ4v) is 2.76. The van der Waals surface area contributed by atoms with Gasteiger partial charge in [-0.1, -0.05) is 43.8 Å². The summed E-state index contributed by atoms with van der Waals surface area (Å²) in [6.07, 6.45) is 1.03. The number of hydrogen-bond donors (Lipinski definition) is 0. The zero-order chi connectivity index (χ0) is 16.7. The third-order valence-electron chi connectivity index (χ3n) is 3.24. The van der Waals surface area contributed by atoms with E-state index in [0.717, 1.165) is 29.7 Å². The van der Waals surface area contributed by atoms with Crippen molar-refractivity contribution >= 4 is 17.5 Å². The molecule has 0 aliphatic rings. The second-order valence-corrected chi connectivity index (χ2v) is 6.77. The van der Waals surface area contributed by atoms with Crippen LogP contribution >= 0.6 is 11.8 Å². The normalized spacial score (nSPS) is 11.0. The van der Waals surface area contributed by atoms with E-state index < -0.39 is 0 Å². The van der Waals surface area contributed by atoms with E-state index in [1.807, 2.05) is 30.3 Å². The topological polar surface area (TPSA) is 57.0 Å². The van der Waals surface area contributed by atoms with Gasteiger partial charge in [0.1, 0.15) is 18.1 Å². The number of ketones is 1. The summed E-state index contributed by atoms with van der Waals surface area (Å²) in [5.74, 6) is 2.74. The molecule has 6 heteroatoms. The van der Waals surface area contributed by atoms with Crippen LogP contribution in [0.3, 0.4) is 0 Å². The minimum Gasteiger partial charge on any atom is -0.486 e. The maximum atomic E-state index is 11.2. The van der Waals surface area contributed by atoms with Crippen LogP contribution in [0.4, 0.5) is 0 Å². The van der Waals surface area contributed by atoms with E-state index in [1.54, 1.807) is 6.92 Å². The van der Waals surface area contributed by atoms with Crippen LogP contribution in [0, 0.1) is 5.92 Å². The van der Waals surface area contributed by atoms with E-state index in [9.17, 15) is 4.79 Å². The highest BCUT2D eigenvalue weighted by atomic mass is 32.2. The highest BCUT2D eigenvalue weighted by Crippen LogP contribution is 2.20. The second kappa shape index (κ2) is 8.72. The van der Waals surface area contributed by atoms with Crippen LogP contribution in [0.15, 0.2) is 35.5 Å². The highest BCUT2D eigenvalue weighted by molar-refractivity contribution is 7.99. The quantitative estimate of drug-likeness (QED) is 0.656. The van der Waals surface area contributed by atoms with E-state index in [4.69, 9.17) is 4.74 Å². The third kappa shape index (κ3) is 5.71. The molecule has 1 aromatic heterocycles. The van der Waals surface area contributed by atoms with Gasteiger partial charge in [0.05, 0.1) is 5.75 Å². The summed E-state index contributed by atoms with van der Waals surface area (Å²) in [7, 11) is 0. The van der Waals surface area contributed by atoms with Crippen molar-refractivity contribution in [2.24, 2.45) is 5.92 Å². The summed E-state index contributed by atoms with van der Waals surface area (Å²) in [5, 5.41) is 9.25. The Balaban J connectivity index is 2.08. The fourth-order valence-electron chi connectivity index (χ4n) is 1.98. The number of aromatic nitrogens is 3. The third-order valence-corrected chi connectivity index (χ3v) is 4.35. The molecule has 1 aromatic carbocycles. The Kier molecular flexibility index (Phi) is 6.65. The Labute approximate surface area is 141 Å². The van der Waals surface area contributed by atoms with Crippen molar-refractivity contribution < 1.29 is 9.53 Å². The fraction of sp³-hybridized carbons (Fsp3) is 0.471. The van der Waals surface area contributed by atoms with Gasteiger partial charge in [-0.15, -0.1) is 10.2 Å². The van der Waals surface area contributed by atoms with Crippen LogP contribution in [-0.2, 0) is 17.9 Å². The number of Topliss-reactive ketones (excluding diaryl/α,β-unsaturated/α-hetero) is 1. The number of rotatable bonds is 9. The molecule has 0 aliphatic carbocycles. The molecule has 0 radical (unpaired) electrons. The van der Waals surface area contributed by atoms with E-state index in [-0.39, 0.29) is 5.78 Å². The molecule has 2 rings (SSSR count). The zero-order valence-electron chi connectivity index (χ0n) is 13.9. The van der Waals surface area contributed by atoms with Crippen LogP contribution in [0.25, 0.3) is 0 Å². The monoisotopic (exact) mass is 333 g/mol. The van der Waals surface area contributed by atoms with Gasteiger partial charge in [-0.2, -0.15) is 0 Å². The van der Waals surface area contributed by atoms with E-state index in [0.29, 0.717) is 18.3 Å². The molecule has 0 spiro atoms. The van der Waals surface area contributed by atoms with Crippen LogP contribution in [-0.4, -0.2) is 26.3 Å². The summed E-state index contributed by atoms with van der Waals surface area (Å²) < 4.78 is 7.84. The Morgan fingerprint density at radius 3 is 2.65 bits per heavy atom. The van der Waals surface area contributed by atoms with Gasteiger partial charge in [0.25, 0.3) is 0 Å². The molecule has 0 aliphatic heterocycles. The summed E-state index contributed by atoms with van der Waals surface area (Å²) in [4.78, 5) is 11.2. The van der Waals surface area contributed by atoms with Gasteiger partial charge in [-0.25, -0.2) is 0 Å². The number of benzene rings is 1. The van der Waals surface area contributed by atoms with E-state index in [1.165, 1.54) is 11.8 Å². The predicted octanol–water partition coefficient (Wildman–Crippen LogP) is 3.58. The lowest BCUT2D eigenvalue weighted by Crippen LogP contribution is -2.10.